The van der Waals surface area contributed by atoms with Crippen molar-refractivity contribution < 1.29 is 13.9 Å². The van der Waals surface area contributed by atoms with E-state index < -0.39 is 0 Å². The van der Waals surface area contributed by atoms with Gasteiger partial charge in [-0.3, -0.25) is 0 Å². The van der Waals surface area contributed by atoms with Gasteiger partial charge in [0.15, 0.2) is 0 Å². The average Bonchev–Trinajstić information content (AvgIpc) is 2.17. The second-order valence-electron chi connectivity index (χ2n) is 3.64. The van der Waals surface area contributed by atoms with Crippen molar-refractivity contribution in [1.82, 2.24) is 0 Å². The molecule has 1 aromatic rings. The van der Waals surface area contributed by atoms with Gasteiger partial charge in [0.25, 0.3) is 0 Å². The van der Waals surface area contributed by atoms with Gasteiger partial charge in [-0.1, -0.05) is 6.07 Å². The Hall–Kier alpha value is -1.22. The molecule has 82 valence electrons. The topological polar surface area (TPSA) is 26.3 Å². The summed E-state index contributed by atoms with van der Waals surface area (Å²) >= 11 is 0. The maximum Gasteiger partial charge on any atom is 0.124 e. The van der Waals surface area contributed by atoms with E-state index in [4.69, 9.17) is 4.74 Å². The lowest BCUT2D eigenvalue weighted by Crippen LogP contribution is -2.05. The van der Waals surface area contributed by atoms with Crippen molar-refractivity contribution in [3.63, 3.8) is 0 Å². The van der Waals surface area contributed by atoms with Crippen LogP contribution in [-0.4, -0.2) is 12.4 Å². The molecule has 0 unspecified atom stereocenters. The first kappa shape index (κ1) is 11.9. The number of carbonyl (C=O) groups is 1. The summed E-state index contributed by atoms with van der Waals surface area (Å²) in [5.74, 6) is -0.319. The molecule has 0 atom stereocenters. The molecule has 1 rings (SSSR count). The summed E-state index contributed by atoms with van der Waals surface area (Å²) < 4.78 is 18.3. The molecule has 0 bridgehead atoms. The van der Waals surface area contributed by atoms with E-state index in [1.807, 2.05) is 13.8 Å². The lowest BCUT2D eigenvalue weighted by atomic mass is 10.1. The van der Waals surface area contributed by atoms with Crippen LogP contribution in [0, 0.1) is 5.82 Å². The van der Waals surface area contributed by atoms with Crippen LogP contribution >= 0.6 is 0 Å². The third kappa shape index (κ3) is 3.80. The smallest absolute Gasteiger partial charge is 0.124 e. The van der Waals surface area contributed by atoms with Gasteiger partial charge >= 0.3 is 0 Å². The van der Waals surface area contributed by atoms with Gasteiger partial charge in [0.1, 0.15) is 12.1 Å². The molecular weight excluding hydrogens is 195 g/mol. The van der Waals surface area contributed by atoms with Gasteiger partial charge in [-0.25, -0.2) is 4.39 Å². The average molecular weight is 210 g/mol. The Labute approximate surface area is 89.1 Å². The molecule has 0 radical (unpaired) electrons. The first-order chi connectivity index (χ1) is 7.13. The predicted octanol–water partition coefficient (Wildman–Crippen LogP) is 2.49. The van der Waals surface area contributed by atoms with Crippen LogP contribution in [0.2, 0.25) is 0 Å². The SMILES string of the molecule is CC(C)OCc1ccc(F)cc1CC=O. The highest BCUT2D eigenvalue weighted by atomic mass is 19.1. The van der Waals surface area contributed by atoms with Crippen molar-refractivity contribution >= 4 is 6.29 Å². The Kier molecular flexibility index (Phi) is 4.43. The number of halogens is 1. The maximum absolute atomic E-state index is 12.9. The van der Waals surface area contributed by atoms with Crippen molar-refractivity contribution in [3.05, 3.63) is 35.1 Å². The molecule has 3 heteroatoms. The molecule has 1 aromatic carbocycles. The minimum atomic E-state index is -0.319. The predicted molar refractivity (Wildman–Crippen MR) is 56.1 cm³/mol. The van der Waals surface area contributed by atoms with E-state index in [1.54, 1.807) is 6.07 Å². The van der Waals surface area contributed by atoms with Crippen molar-refractivity contribution in [2.45, 2.75) is 33.0 Å². The molecule has 0 heterocycles. The van der Waals surface area contributed by atoms with Crippen molar-refractivity contribution in [2.75, 3.05) is 0 Å². The molecule has 0 aliphatic heterocycles. The minimum absolute atomic E-state index is 0.124. The van der Waals surface area contributed by atoms with Crippen LogP contribution in [0.15, 0.2) is 18.2 Å². The number of ether oxygens (including phenoxy) is 1. The number of rotatable bonds is 5. The molecular formula is C12H15FO2. The van der Waals surface area contributed by atoms with E-state index in [0.717, 1.165) is 11.8 Å². The largest absolute Gasteiger partial charge is 0.374 e. The first-order valence-corrected chi connectivity index (χ1v) is 4.96. The Morgan fingerprint density at radius 1 is 1.40 bits per heavy atom. The Morgan fingerprint density at radius 3 is 2.73 bits per heavy atom. The van der Waals surface area contributed by atoms with Gasteiger partial charge in [0, 0.05) is 6.42 Å². The molecule has 0 N–H and O–H groups in total. The minimum Gasteiger partial charge on any atom is -0.374 e. The van der Waals surface area contributed by atoms with Gasteiger partial charge < -0.3 is 9.53 Å². The van der Waals surface area contributed by atoms with Gasteiger partial charge in [0.05, 0.1) is 12.7 Å². The highest BCUT2D eigenvalue weighted by molar-refractivity contribution is 5.56. The van der Waals surface area contributed by atoms with Crippen LogP contribution in [0.3, 0.4) is 0 Å². The van der Waals surface area contributed by atoms with Crippen LogP contribution in [-0.2, 0) is 22.6 Å². The number of hydrogen-bond donors (Lipinski definition) is 0. The van der Waals surface area contributed by atoms with E-state index >= 15 is 0 Å². The van der Waals surface area contributed by atoms with Crippen LogP contribution in [0.5, 0.6) is 0 Å². The Morgan fingerprint density at radius 2 is 2.13 bits per heavy atom. The molecule has 2 nitrogen and oxygen atoms in total. The zero-order valence-corrected chi connectivity index (χ0v) is 9.00. The lowest BCUT2D eigenvalue weighted by molar-refractivity contribution is -0.107. The van der Waals surface area contributed by atoms with Crippen LogP contribution < -0.4 is 0 Å². The number of hydrogen-bond acceptors (Lipinski definition) is 2. The fourth-order valence-corrected chi connectivity index (χ4v) is 1.27. The van der Waals surface area contributed by atoms with Gasteiger partial charge in [0.2, 0.25) is 0 Å². The number of carbonyl (C=O) groups excluding carboxylic acids is 1. The molecule has 0 aromatic heterocycles. The fraction of sp³-hybridized carbons (Fsp3) is 0.417. The lowest BCUT2D eigenvalue weighted by Gasteiger charge is -2.10. The molecule has 15 heavy (non-hydrogen) atoms. The van der Waals surface area contributed by atoms with E-state index in [-0.39, 0.29) is 18.3 Å². The van der Waals surface area contributed by atoms with Gasteiger partial charge in [-0.05, 0) is 37.1 Å². The molecule has 0 saturated carbocycles. The second-order valence-corrected chi connectivity index (χ2v) is 3.64. The highest BCUT2D eigenvalue weighted by Crippen LogP contribution is 2.13. The zero-order valence-electron chi connectivity index (χ0n) is 9.00. The maximum atomic E-state index is 12.9. The number of aldehydes is 1. The quantitative estimate of drug-likeness (QED) is 0.698. The summed E-state index contributed by atoms with van der Waals surface area (Å²) in [7, 11) is 0. The van der Waals surface area contributed by atoms with E-state index in [0.29, 0.717) is 12.2 Å². The molecule has 0 aliphatic rings. The van der Waals surface area contributed by atoms with Gasteiger partial charge in [-0.2, -0.15) is 0 Å². The summed E-state index contributed by atoms with van der Waals surface area (Å²) in [6.45, 7) is 4.28. The highest BCUT2D eigenvalue weighted by Gasteiger charge is 2.05. The van der Waals surface area contributed by atoms with Gasteiger partial charge in [-0.15, -0.1) is 0 Å². The normalized spacial score (nSPS) is 10.7. The summed E-state index contributed by atoms with van der Waals surface area (Å²) in [6.07, 6.45) is 1.13. The van der Waals surface area contributed by atoms with Crippen molar-refractivity contribution in [3.8, 4) is 0 Å². The first-order valence-electron chi connectivity index (χ1n) is 4.96. The molecule has 0 saturated heterocycles. The summed E-state index contributed by atoms with van der Waals surface area (Å²) in [5, 5.41) is 0. The standard InChI is InChI=1S/C12H15FO2/c1-9(2)15-8-11-3-4-12(13)7-10(11)5-6-14/h3-4,6-7,9H,5,8H2,1-2H3. The molecule has 0 aliphatic carbocycles. The monoisotopic (exact) mass is 210 g/mol. The third-order valence-corrected chi connectivity index (χ3v) is 2.04. The fourth-order valence-electron chi connectivity index (χ4n) is 1.27. The molecule has 0 amide bonds. The van der Waals surface area contributed by atoms with Crippen molar-refractivity contribution in [1.29, 1.82) is 0 Å². The number of benzene rings is 1. The Balaban J connectivity index is 2.80. The van der Waals surface area contributed by atoms with Crippen molar-refractivity contribution in [2.24, 2.45) is 0 Å². The van der Waals surface area contributed by atoms with E-state index in [2.05, 4.69) is 0 Å². The van der Waals surface area contributed by atoms with Crippen LogP contribution in [0.4, 0.5) is 4.39 Å². The van der Waals surface area contributed by atoms with E-state index in [9.17, 15) is 9.18 Å². The third-order valence-electron chi connectivity index (χ3n) is 2.04. The van der Waals surface area contributed by atoms with Crippen LogP contribution in [0.25, 0.3) is 0 Å². The van der Waals surface area contributed by atoms with E-state index in [1.165, 1.54) is 12.1 Å². The van der Waals surface area contributed by atoms with Crippen LogP contribution in [0.1, 0.15) is 25.0 Å². The Bertz CT molecular complexity index is 334. The summed E-state index contributed by atoms with van der Waals surface area (Å²) in [5.41, 5.74) is 1.57. The summed E-state index contributed by atoms with van der Waals surface area (Å²) in [6, 6.07) is 4.43. The molecule has 0 fully saturated rings. The summed E-state index contributed by atoms with van der Waals surface area (Å²) in [4.78, 5) is 10.4. The molecule has 0 spiro atoms. The zero-order chi connectivity index (χ0) is 11.3. The second kappa shape index (κ2) is 5.61.